The molecule has 1 unspecified atom stereocenters. The highest BCUT2D eigenvalue weighted by Crippen LogP contribution is 2.59. The molecular weight excluding hydrogens is 268 g/mol. The van der Waals surface area contributed by atoms with E-state index in [0.717, 1.165) is 19.6 Å². The van der Waals surface area contributed by atoms with E-state index in [0.29, 0.717) is 6.42 Å². The molecule has 2 heterocycles. The highest BCUT2D eigenvalue weighted by atomic mass is 31.3. The predicted molar refractivity (Wildman–Crippen MR) is 68.7 cm³/mol. The summed E-state index contributed by atoms with van der Waals surface area (Å²) in [5.74, 6) is 0.107. The second kappa shape index (κ2) is 5.43. The zero-order valence-corrected chi connectivity index (χ0v) is 11.5. The first-order chi connectivity index (χ1) is 9.12. The molecule has 0 aromatic heterocycles. The Labute approximate surface area is 112 Å². The molecule has 6 heteroatoms. The van der Waals surface area contributed by atoms with E-state index in [1.807, 2.05) is 18.2 Å². The van der Waals surface area contributed by atoms with Crippen molar-refractivity contribution < 1.29 is 18.1 Å². The van der Waals surface area contributed by atoms with E-state index in [-0.39, 0.29) is 18.6 Å². The van der Waals surface area contributed by atoms with E-state index in [9.17, 15) is 9.09 Å². The van der Waals surface area contributed by atoms with Crippen LogP contribution in [0.2, 0.25) is 0 Å². The van der Waals surface area contributed by atoms with Crippen molar-refractivity contribution in [1.82, 2.24) is 4.90 Å². The Kier molecular flexibility index (Phi) is 3.83. The Morgan fingerprint density at radius 3 is 2.95 bits per heavy atom. The van der Waals surface area contributed by atoms with Gasteiger partial charge in [-0.1, -0.05) is 30.3 Å². The molecule has 0 bridgehead atoms. The van der Waals surface area contributed by atoms with Gasteiger partial charge in [0.05, 0.1) is 0 Å². The average molecular weight is 285 g/mol. The zero-order chi connectivity index (χ0) is 13.3. The molecule has 19 heavy (non-hydrogen) atoms. The van der Waals surface area contributed by atoms with Crippen LogP contribution in [0.15, 0.2) is 30.3 Å². The van der Waals surface area contributed by atoms with Crippen LogP contribution in [0.25, 0.3) is 0 Å². The molecule has 0 spiro atoms. The van der Waals surface area contributed by atoms with Gasteiger partial charge in [-0.3, -0.25) is 4.90 Å². The molecule has 0 radical (unpaired) electrons. The third-order valence-electron chi connectivity index (χ3n) is 3.70. The van der Waals surface area contributed by atoms with Gasteiger partial charge in [-0.05, 0) is 12.0 Å². The standard InChI is InChI=1S/C13H17FNO3P/c14-19(16)17-10-12-9-15(7-6-13(12)18-19)8-11-4-2-1-3-5-11/h1-5,12-13H,6-10H2/t12-,13-,19?/m1/s1. The molecule has 1 aromatic rings. The average Bonchev–Trinajstić information content (AvgIpc) is 2.39. The first-order valence-electron chi connectivity index (χ1n) is 6.51. The third-order valence-corrected chi connectivity index (χ3v) is 4.68. The van der Waals surface area contributed by atoms with Crippen molar-refractivity contribution >= 4 is 8.25 Å². The van der Waals surface area contributed by atoms with E-state index >= 15 is 0 Å². The van der Waals surface area contributed by atoms with Crippen LogP contribution in [-0.2, 0) is 15.6 Å². The minimum absolute atomic E-state index is 0.107. The number of nitrogens with zero attached hydrogens (tertiary/aromatic N) is 1. The molecule has 104 valence electrons. The number of fused-ring (bicyclic) bond motifs is 1. The summed E-state index contributed by atoms with van der Waals surface area (Å²) in [7, 11) is -4.28. The molecule has 3 rings (SSSR count). The van der Waals surface area contributed by atoms with Gasteiger partial charge in [0.2, 0.25) is 0 Å². The lowest BCUT2D eigenvalue weighted by Gasteiger charge is -2.40. The molecule has 3 atom stereocenters. The summed E-state index contributed by atoms with van der Waals surface area (Å²) in [6.07, 6.45) is 0.436. The number of hydrogen-bond acceptors (Lipinski definition) is 4. The highest BCUT2D eigenvalue weighted by molar-refractivity contribution is 7.53. The van der Waals surface area contributed by atoms with Crippen LogP contribution in [0.1, 0.15) is 12.0 Å². The maximum Gasteiger partial charge on any atom is 0.439 e. The van der Waals surface area contributed by atoms with Crippen molar-refractivity contribution in [3.63, 3.8) is 0 Å². The van der Waals surface area contributed by atoms with Crippen LogP contribution in [0.5, 0.6) is 0 Å². The molecule has 2 aliphatic heterocycles. The van der Waals surface area contributed by atoms with Crippen molar-refractivity contribution in [1.29, 1.82) is 0 Å². The van der Waals surface area contributed by atoms with E-state index in [1.54, 1.807) is 0 Å². The molecule has 2 saturated heterocycles. The molecule has 0 amide bonds. The topological polar surface area (TPSA) is 44.8 Å². The Balaban J connectivity index is 1.58. The molecule has 4 nitrogen and oxygen atoms in total. The van der Waals surface area contributed by atoms with Gasteiger partial charge < -0.3 is 4.89 Å². The van der Waals surface area contributed by atoms with Crippen molar-refractivity contribution in [3.8, 4) is 0 Å². The fourth-order valence-corrected chi connectivity index (χ4v) is 3.78. The Hall–Kier alpha value is -0.580. The summed E-state index contributed by atoms with van der Waals surface area (Å²) in [5, 5.41) is 0. The van der Waals surface area contributed by atoms with E-state index in [4.69, 9.17) is 4.52 Å². The molecule has 0 saturated carbocycles. The lowest BCUT2D eigenvalue weighted by atomic mass is 9.95. The molecule has 0 aliphatic carbocycles. The monoisotopic (exact) mass is 285 g/mol. The second-order valence-corrected chi connectivity index (χ2v) is 6.47. The fraction of sp³-hybridized carbons (Fsp3) is 0.538. The minimum atomic E-state index is -4.28. The normalized spacial score (nSPS) is 35.9. The van der Waals surface area contributed by atoms with Crippen LogP contribution < -0.4 is 4.89 Å². The molecule has 1 aromatic carbocycles. The van der Waals surface area contributed by atoms with Gasteiger partial charge in [0.25, 0.3) is 0 Å². The lowest BCUT2D eigenvalue weighted by Crippen LogP contribution is -2.48. The Morgan fingerprint density at radius 2 is 2.16 bits per heavy atom. The van der Waals surface area contributed by atoms with Crippen LogP contribution in [-0.4, -0.2) is 30.7 Å². The SMILES string of the molecule is [O-][P+]1(F)OC[C@H]2CN(Cc3ccccc3)CC[C@H]2O1. The molecule has 2 fully saturated rings. The third kappa shape index (κ3) is 3.30. The number of hydrogen-bond donors (Lipinski definition) is 0. The van der Waals surface area contributed by atoms with Gasteiger partial charge in [-0.25, -0.2) is 0 Å². The first-order valence-corrected chi connectivity index (χ1v) is 7.95. The van der Waals surface area contributed by atoms with Crippen molar-refractivity contribution in [2.24, 2.45) is 5.92 Å². The van der Waals surface area contributed by atoms with Gasteiger partial charge >= 0.3 is 8.25 Å². The molecule has 2 aliphatic rings. The lowest BCUT2D eigenvalue weighted by molar-refractivity contribution is -0.254. The summed E-state index contributed by atoms with van der Waals surface area (Å²) >= 11 is 0. The number of halogens is 1. The van der Waals surface area contributed by atoms with Crippen LogP contribution in [0.3, 0.4) is 0 Å². The number of benzene rings is 1. The summed E-state index contributed by atoms with van der Waals surface area (Å²) < 4.78 is 22.8. The predicted octanol–water partition coefficient (Wildman–Crippen LogP) is 1.93. The van der Waals surface area contributed by atoms with Gasteiger partial charge in [-0.15, -0.1) is 0 Å². The van der Waals surface area contributed by atoms with Crippen molar-refractivity contribution in [2.45, 2.75) is 19.1 Å². The summed E-state index contributed by atoms with van der Waals surface area (Å²) in [6, 6.07) is 10.2. The zero-order valence-electron chi connectivity index (χ0n) is 10.6. The van der Waals surface area contributed by atoms with Crippen molar-refractivity contribution in [3.05, 3.63) is 35.9 Å². The number of likely N-dealkylation sites (tertiary alicyclic amines) is 1. The summed E-state index contributed by atoms with van der Waals surface area (Å²) in [5.41, 5.74) is 1.26. The van der Waals surface area contributed by atoms with E-state index in [2.05, 4.69) is 21.6 Å². The van der Waals surface area contributed by atoms with Crippen LogP contribution >= 0.6 is 8.25 Å². The fourth-order valence-electron chi connectivity index (χ4n) is 2.75. The van der Waals surface area contributed by atoms with Gasteiger partial charge in [0.15, 0.2) is 0 Å². The van der Waals surface area contributed by atoms with E-state index < -0.39 is 8.25 Å². The van der Waals surface area contributed by atoms with Gasteiger partial charge in [0, 0.05) is 29.7 Å². The van der Waals surface area contributed by atoms with Crippen molar-refractivity contribution in [2.75, 3.05) is 19.7 Å². The van der Waals surface area contributed by atoms with Gasteiger partial charge in [0.1, 0.15) is 12.7 Å². The van der Waals surface area contributed by atoms with Crippen LogP contribution in [0.4, 0.5) is 4.20 Å². The smallest absolute Gasteiger partial charge is 0.439 e. The first kappa shape index (κ1) is 13.4. The quantitative estimate of drug-likeness (QED) is 0.779. The maximum atomic E-state index is 13.2. The second-order valence-electron chi connectivity index (χ2n) is 5.14. The van der Waals surface area contributed by atoms with Gasteiger partial charge in [-0.2, -0.15) is 9.05 Å². The largest absolute Gasteiger partial charge is 0.601 e. The van der Waals surface area contributed by atoms with Crippen LogP contribution in [0, 0.1) is 5.92 Å². The molecule has 0 N–H and O–H groups in total. The highest BCUT2D eigenvalue weighted by Gasteiger charge is 2.47. The number of rotatable bonds is 2. The maximum absolute atomic E-state index is 13.2. The molecular formula is C13H17FNO3P. The minimum Gasteiger partial charge on any atom is -0.601 e. The summed E-state index contributed by atoms with van der Waals surface area (Å²) in [4.78, 5) is 13.4. The van der Waals surface area contributed by atoms with E-state index in [1.165, 1.54) is 5.56 Å². The Bertz CT molecular complexity index is 431. The number of piperidine rings is 1. The summed E-state index contributed by atoms with van der Waals surface area (Å²) in [6.45, 7) is 2.68. The Morgan fingerprint density at radius 1 is 1.37 bits per heavy atom.